The van der Waals surface area contributed by atoms with Crippen molar-refractivity contribution in [3.63, 3.8) is 0 Å². The quantitative estimate of drug-likeness (QED) is 0.397. The Morgan fingerprint density at radius 2 is 2.57 bits per heavy atom. The Kier molecular flexibility index (Phi) is 1.65. The van der Waals surface area contributed by atoms with E-state index in [4.69, 9.17) is 5.26 Å². The smallest absolute Gasteiger partial charge is 0.0930 e. The van der Waals surface area contributed by atoms with E-state index in [9.17, 15) is 0 Å². The number of hydrogen-bond acceptors (Lipinski definition) is 2. The molecule has 2 heteroatoms. The van der Waals surface area contributed by atoms with Crippen LogP contribution in [0.1, 0.15) is 19.3 Å². The first-order chi connectivity index (χ1) is 3.43. The second-order valence-electron chi connectivity index (χ2n) is 1.83. The van der Waals surface area contributed by atoms with Crippen LogP contribution >= 0.6 is 0 Å². The summed E-state index contributed by atoms with van der Waals surface area (Å²) >= 11 is 0. The Bertz CT molecular complexity index is 48.0. The SMILES string of the molecule is OOC1C[CH]CC1. The molecule has 1 radical (unpaired) electrons. The van der Waals surface area contributed by atoms with Crippen LogP contribution in [0.3, 0.4) is 0 Å². The molecular weight excluding hydrogens is 92.1 g/mol. The van der Waals surface area contributed by atoms with Gasteiger partial charge in [-0.2, -0.15) is 0 Å². The zero-order valence-corrected chi connectivity index (χ0v) is 4.13. The molecule has 0 aromatic carbocycles. The van der Waals surface area contributed by atoms with Gasteiger partial charge in [0.25, 0.3) is 0 Å². The molecule has 1 atom stereocenters. The van der Waals surface area contributed by atoms with Crippen molar-refractivity contribution in [2.75, 3.05) is 0 Å². The van der Waals surface area contributed by atoms with Crippen molar-refractivity contribution in [2.45, 2.75) is 25.4 Å². The lowest BCUT2D eigenvalue weighted by Crippen LogP contribution is -2.02. The summed E-state index contributed by atoms with van der Waals surface area (Å²) in [6.45, 7) is 0. The van der Waals surface area contributed by atoms with Gasteiger partial charge in [-0.3, -0.25) is 5.26 Å². The highest BCUT2D eigenvalue weighted by Crippen LogP contribution is 2.18. The van der Waals surface area contributed by atoms with Gasteiger partial charge in [0.15, 0.2) is 0 Å². The van der Waals surface area contributed by atoms with Gasteiger partial charge in [0.05, 0.1) is 6.10 Å². The van der Waals surface area contributed by atoms with E-state index in [0.717, 1.165) is 19.3 Å². The molecule has 0 saturated heterocycles. The number of hydrogen-bond donors (Lipinski definition) is 1. The third kappa shape index (κ3) is 1.14. The van der Waals surface area contributed by atoms with E-state index in [1.165, 1.54) is 0 Å². The van der Waals surface area contributed by atoms with E-state index in [1.807, 2.05) is 0 Å². The van der Waals surface area contributed by atoms with E-state index < -0.39 is 0 Å². The summed E-state index contributed by atoms with van der Waals surface area (Å²) < 4.78 is 0. The maximum atomic E-state index is 8.05. The first kappa shape index (κ1) is 5.06. The van der Waals surface area contributed by atoms with Gasteiger partial charge in [0.2, 0.25) is 0 Å². The monoisotopic (exact) mass is 101 g/mol. The second kappa shape index (κ2) is 2.28. The molecule has 7 heavy (non-hydrogen) atoms. The van der Waals surface area contributed by atoms with Crippen LogP contribution in [0.2, 0.25) is 0 Å². The van der Waals surface area contributed by atoms with Gasteiger partial charge >= 0.3 is 0 Å². The van der Waals surface area contributed by atoms with Gasteiger partial charge in [-0.05, 0) is 25.7 Å². The standard InChI is InChI=1S/C5H9O2/c6-7-5-3-1-2-4-5/h1,5-6H,2-4H2. The van der Waals surface area contributed by atoms with Crippen LogP contribution in [0.25, 0.3) is 0 Å². The van der Waals surface area contributed by atoms with Gasteiger partial charge in [0.1, 0.15) is 0 Å². The van der Waals surface area contributed by atoms with E-state index in [2.05, 4.69) is 11.3 Å². The van der Waals surface area contributed by atoms with Crippen molar-refractivity contribution >= 4 is 0 Å². The summed E-state index contributed by atoms with van der Waals surface area (Å²) in [6, 6.07) is 0. The molecule has 1 saturated carbocycles. The molecule has 1 N–H and O–H groups in total. The van der Waals surface area contributed by atoms with Crippen LogP contribution in [-0.2, 0) is 4.89 Å². The number of rotatable bonds is 1. The molecule has 0 aromatic rings. The molecule has 0 heterocycles. The zero-order chi connectivity index (χ0) is 5.11. The van der Waals surface area contributed by atoms with Gasteiger partial charge in [-0.15, -0.1) is 0 Å². The van der Waals surface area contributed by atoms with Crippen molar-refractivity contribution in [1.29, 1.82) is 0 Å². The van der Waals surface area contributed by atoms with E-state index in [-0.39, 0.29) is 6.10 Å². The third-order valence-electron chi connectivity index (χ3n) is 1.27. The molecule has 0 spiro atoms. The first-order valence-corrected chi connectivity index (χ1v) is 2.55. The van der Waals surface area contributed by atoms with Gasteiger partial charge < -0.3 is 0 Å². The minimum atomic E-state index is 0.0972. The maximum Gasteiger partial charge on any atom is 0.0930 e. The molecule has 1 aliphatic carbocycles. The van der Waals surface area contributed by atoms with E-state index in [0.29, 0.717) is 0 Å². The predicted octanol–water partition coefficient (Wildman–Crippen LogP) is 1.23. The van der Waals surface area contributed by atoms with Crippen molar-refractivity contribution in [1.82, 2.24) is 0 Å². The Labute approximate surface area is 43.0 Å². The Hall–Kier alpha value is -0.0800. The normalized spacial score (nSPS) is 23.6. The fourth-order valence-corrected chi connectivity index (χ4v) is 0.821. The topological polar surface area (TPSA) is 29.5 Å². The molecule has 41 valence electrons. The summed E-state index contributed by atoms with van der Waals surface area (Å²) in [6.07, 6.45) is 5.21. The second-order valence-corrected chi connectivity index (χ2v) is 1.83. The minimum Gasteiger partial charge on any atom is -0.252 e. The summed E-state index contributed by atoms with van der Waals surface area (Å²) in [5, 5.41) is 8.05. The molecule has 0 bridgehead atoms. The fourth-order valence-electron chi connectivity index (χ4n) is 0.821. The van der Waals surface area contributed by atoms with Gasteiger partial charge in [-0.1, -0.05) is 0 Å². The predicted molar refractivity (Wildman–Crippen MR) is 25.7 cm³/mol. The molecule has 1 aliphatic rings. The van der Waals surface area contributed by atoms with Crippen LogP contribution in [0.4, 0.5) is 0 Å². The zero-order valence-electron chi connectivity index (χ0n) is 4.13. The Morgan fingerprint density at radius 3 is 2.86 bits per heavy atom. The average Bonchev–Trinajstić information content (AvgIpc) is 2.14. The van der Waals surface area contributed by atoms with Crippen LogP contribution in [0.15, 0.2) is 0 Å². The summed E-state index contributed by atoms with van der Waals surface area (Å²) in [5.41, 5.74) is 0. The van der Waals surface area contributed by atoms with Gasteiger partial charge in [0, 0.05) is 0 Å². The Morgan fingerprint density at radius 1 is 1.71 bits per heavy atom. The first-order valence-electron chi connectivity index (χ1n) is 2.55. The highest BCUT2D eigenvalue weighted by Gasteiger charge is 2.14. The van der Waals surface area contributed by atoms with Crippen molar-refractivity contribution in [2.24, 2.45) is 0 Å². The molecule has 2 nitrogen and oxygen atoms in total. The highest BCUT2D eigenvalue weighted by atomic mass is 17.1. The van der Waals surface area contributed by atoms with Gasteiger partial charge in [-0.25, -0.2) is 4.89 Å². The molecule has 0 amide bonds. The molecule has 0 aromatic heterocycles. The van der Waals surface area contributed by atoms with Crippen LogP contribution in [0, 0.1) is 6.42 Å². The van der Waals surface area contributed by atoms with E-state index in [1.54, 1.807) is 0 Å². The molecule has 1 unspecified atom stereocenters. The maximum absolute atomic E-state index is 8.05. The average molecular weight is 101 g/mol. The fraction of sp³-hybridized carbons (Fsp3) is 0.800. The summed E-state index contributed by atoms with van der Waals surface area (Å²) in [5.74, 6) is 0. The minimum absolute atomic E-state index is 0.0972. The molecule has 1 fully saturated rings. The lowest BCUT2D eigenvalue weighted by Gasteiger charge is -1.99. The van der Waals surface area contributed by atoms with Crippen LogP contribution in [-0.4, -0.2) is 11.4 Å². The Balaban J connectivity index is 2.14. The molecular formula is C5H9O2. The lowest BCUT2D eigenvalue weighted by molar-refractivity contribution is -0.275. The summed E-state index contributed by atoms with van der Waals surface area (Å²) in [7, 11) is 0. The van der Waals surface area contributed by atoms with Crippen molar-refractivity contribution < 1.29 is 10.1 Å². The van der Waals surface area contributed by atoms with Crippen molar-refractivity contribution in [3.05, 3.63) is 6.42 Å². The molecule has 1 rings (SSSR count). The van der Waals surface area contributed by atoms with Crippen molar-refractivity contribution in [3.8, 4) is 0 Å². The molecule has 0 aliphatic heterocycles. The van der Waals surface area contributed by atoms with Crippen LogP contribution < -0.4 is 0 Å². The largest absolute Gasteiger partial charge is 0.252 e. The lowest BCUT2D eigenvalue weighted by atomic mass is 10.3. The van der Waals surface area contributed by atoms with E-state index >= 15 is 0 Å². The highest BCUT2D eigenvalue weighted by molar-refractivity contribution is 4.79. The summed E-state index contributed by atoms with van der Waals surface area (Å²) in [4.78, 5) is 4.08. The van der Waals surface area contributed by atoms with Crippen LogP contribution in [0.5, 0.6) is 0 Å². The third-order valence-corrected chi connectivity index (χ3v) is 1.27.